The summed E-state index contributed by atoms with van der Waals surface area (Å²) in [6.07, 6.45) is 9.21. The lowest BCUT2D eigenvalue weighted by Crippen LogP contribution is -2.29. The zero-order valence-corrected chi connectivity index (χ0v) is 17.4. The maximum atomic E-state index is 11.8. The van der Waals surface area contributed by atoms with Crippen LogP contribution in [0.4, 0.5) is 0 Å². The van der Waals surface area contributed by atoms with Crippen LogP contribution in [0.15, 0.2) is 48.6 Å². The van der Waals surface area contributed by atoms with Gasteiger partial charge in [-0.05, 0) is 54.8 Å². The topological polar surface area (TPSA) is 57.3 Å². The lowest BCUT2D eigenvalue weighted by molar-refractivity contribution is -0.110. The molecule has 156 valence electrons. The summed E-state index contributed by atoms with van der Waals surface area (Å²) < 4.78 is 23.0. The molecule has 2 aromatic carbocycles. The van der Waals surface area contributed by atoms with E-state index in [1.165, 1.54) is 16.3 Å². The maximum Gasteiger partial charge on any atom is 0.178 e. The number of hydrogen-bond acceptors (Lipinski definition) is 5. The van der Waals surface area contributed by atoms with Crippen LogP contribution in [0.1, 0.15) is 18.1 Å². The quantitative estimate of drug-likeness (QED) is 0.655. The summed E-state index contributed by atoms with van der Waals surface area (Å²) in [5.41, 5.74) is 2.08. The average Bonchev–Trinajstić information content (AvgIpc) is 3.59. The Balaban J connectivity index is 1.60. The molecule has 0 aromatic heterocycles. The fourth-order valence-corrected chi connectivity index (χ4v) is 4.34. The fourth-order valence-electron chi connectivity index (χ4n) is 4.34. The number of rotatable bonds is 7. The van der Waals surface area contributed by atoms with E-state index in [0.717, 1.165) is 36.5 Å². The van der Waals surface area contributed by atoms with Gasteiger partial charge in [-0.1, -0.05) is 24.3 Å². The first-order valence-electron chi connectivity index (χ1n) is 10.5. The first-order chi connectivity index (χ1) is 14.6. The molecular weight excluding hydrogens is 380 g/mol. The van der Waals surface area contributed by atoms with Crippen molar-refractivity contribution in [1.82, 2.24) is 0 Å². The number of methoxy groups -OCH3 is 1. The van der Waals surface area contributed by atoms with E-state index in [0.29, 0.717) is 13.2 Å². The van der Waals surface area contributed by atoms with Crippen molar-refractivity contribution in [1.29, 1.82) is 0 Å². The van der Waals surface area contributed by atoms with Crippen LogP contribution in [-0.2, 0) is 27.1 Å². The van der Waals surface area contributed by atoms with Gasteiger partial charge in [-0.2, -0.15) is 0 Å². The van der Waals surface area contributed by atoms with Crippen molar-refractivity contribution in [2.45, 2.75) is 32.0 Å². The summed E-state index contributed by atoms with van der Waals surface area (Å²) in [6.45, 7) is 3.80. The van der Waals surface area contributed by atoms with Gasteiger partial charge in [-0.25, -0.2) is 0 Å². The Morgan fingerprint density at radius 1 is 1.07 bits per heavy atom. The maximum absolute atomic E-state index is 11.8. The smallest absolute Gasteiger partial charge is 0.178 e. The summed E-state index contributed by atoms with van der Waals surface area (Å²) >= 11 is 0. The van der Waals surface area contributed by atoms with Crippen LogP contribution < -0.4 is 9.47 Å². The van der Waals surface area contributed by atoms with Crippen molar-refractivity contribution < 1.29 is 23.7 Å². The van der Waals surface area contributed by atoms with Crippen LogP contribution in [0.5, 0.6) is 11.5 Å². The highest BCUT2D eigenvalue weighted by Gasteiger charge is 2.36. The van der Waals surface area contributed by atoms with E-state index in [2.05, 4.69) is 18.2 Å². The third kappa shape index (κ3) is 3.64. The van der Waals surface area contributed by atoms with Crippen LogP contribution in [0.3, 0.4) is 0 Å². The Hall–Kier alpha value is -2.63. The average molecular weight is 406 g/mol. The molecule has 5 nitrogen and oxygen atoms in total. The minimum atomic E-state index is -0.254. The molecule has 2 atom stereocenters. The molecule has 2 aromatic rings. The van der Waals surface area contributed by atoms with Gasteiger partial charge in [0.25, 0.3) is 0 Å². The summed E-state index contributed by atoms with van der Waals surface area (Å²) in [7, 11) is 1.69. The molecule has 0 bridgehead atoms. The molecule has 5 rings (SSSR count). The van der Waals surface area contributed by atoms with Gasteiger partial charge >= 0.3 is 0 Å². The second-order valence-electron chi connectivity index (χ2n) is 8.46. The molecule has 0 radical (unpaired) electrons. The Kier molecular flexibility index (Phi) is 4.88. The third-order valence-corrected chi connectivity index (χ3v) is 6.19. The van der Waals surface area contributed by atoms with Crippen molar-refractivity contribution >= 4 is 16.6 Å². The van der Waals surface area contributed by atoms with Gasteiger partial charge in [-0.3, -0.25) is 4.79 Å². The number of carbonyl (C=O) groups is 1. The van der Waals surface area contributed by atoms with E-state index in [1.54, 1.807) is 19.3 Å². The van der Waals surface area contributed by atoms with E-state index in [4.69, 9.17) is 18.9 Å². The zero-order valence-electron chi connectivity index (χ0n) is 17.4. The SMILES string of the molecule is COC(C)COc1ccc2ccc(OCC3CO3)c3c2c1CC1(C=CC(=O)C=C1)C3. The first-order valence-corrected chi connectivity index (χ1v) is 10.5. The lowest BCUT2D eigenvalue weighted by Gasteiger charge is -2.36. The largest absolute Gasteiger partial charge is 0.491 e. The Morgan fingerprint density at radius 3 is 2.30 bits per heavy atom. The van der Waals surface area contributed by atoms with Crippen LogP contribution in [0.2, 0.25) is 0 Å². The molecule has 1 saturated heterocycles. The molecule has 3 aliphatic rings. The minimum absolute atomic E-state index is 0.00483. The molecule has 1 aliphatic heterocycles. The van der Waals surface area contributed by atoms with E-state index < -0.39 is 0 Å². The number of ether oxygens (including phenoxy) is 4. The van der Waals surface area contributed by atoms with Gasteiger partial charge in [-0.15, -0.1) is 0 Å². The van der Waals surface area contributed by atoms with Gasteiger partial charge in [0.2, 0.25) is 0 Å². The second kappa shape index (κ2) is 7.56. The van der Waals surface area contributed by atoms with E-state index in [-0.39, 0.29) is 23.4 Å². The summed E-state index contributed by atoms with van der Waals surface area (Å²) in [4.78, 5) is 11.8. The molecule has 2 aliphatic carbocycles. The third-order valence-electron chi connectivity index (χ3n) is 6.19. The Morgan fingerprint density at radius 2 is 1.70 bits per heavy atom. The standard InChI is InChI=1S/C25H26O5/c1-16(27-2)13-29-22-5-3-17-4-6-23(30-15-19-14-28-19)21-12-25(11-20(22)24(17)21)9-7-18(26)8-10-25/h3-10,16,19H,11-15H2,1-2H3. The van der Waals surface area contributed by atoms with Gasteiger partial charge in [0, 0.05) is 23.7 Å². The first kappa shape index (κ1) is 19.3. The van der Waals surface area contributed by atoms with E-state index in [1.807, 2.05) is 25.1 Å². The van der Waals surface area contributed by atoms with Gasteiger partial charge in [0.15, 0.2) is 5.78 Å². The van der Waals surface area contributed by atoms with E-state index in [9.17, 15) is 4.79 Å². The van der Waals surface area contributed by atoms with Crippen LogP contribution in [0, 0.1) is 5.41 Å². The van der Waals surface area contributed by atoms with Crippen molar-refractivity contribution in [3.8, 4) is 11.5 Å². The molecule has 2 unspecified atom stereocenters. The van der Waals surface area contributed by atoms with Crippen molar-refractivity contribution in [2.24, 2.45) is 5.41 Å². The minimum Gasteiger partial charge on any atom is -0.491 e. The summed E-state index contributed by atoms with van der Waals surface area (Å²) in [5, 5.41) is 2.38. The zero-order chi connectivity index (χ0) is 20.7. The number of allylic oxidation sites excluding steroid dienone is 4. The highest BCUT2D eigenvalue weighted by atomic mass is 16.6. The number of epoxide rings is 1. The lowest BCUT2D eigenvalue weighted by atomic mass is 9.68. The highest BCUT2D eigenvalue weighted by Crippen LogP contribution is 2.48. The number of carbonyl (C=O) groups excluding carboxylic acids is 1. The Bertz CT molecular complexity index is 1030. The molecule has 1 fully saturated rings. The van der Waals surface area contributed by atoms with Crippen molar-refractivity contribution in [2.75, 3.05) is 26.9 Å². The van der Waals surface area contributed by atoms with Crippen LogP contribution in [-0.4, -0.2) is 44.9 Å². The van der Waals surface area contributed by atoms with Gasteiger partial charge in [0.05, 0.1) is 12.7 Å². The highest BCUT2D eigenvalue weighted by molar-refractivity contribution is 6.01. The predicted octanol–water partition coefficient (Wildman–Crippen LogP) is 3.81. The Labute approximate surface area is 176 Å². The molecule has 1 heterocycles. The van der Waals surface area contributed by atoms with Crippen molar-refractivity contribution in [3.05, 3.63) is 59.7 Å². The molecule has 1 spiro atoms. The molecule has 0 amide bonds. The van der Waals surface area contributed by atoms with Gasteiger partial charge in [0.1, 0.15) is 30.8 Å². The van der Waals surface area contributed by atoms with Crippen LogP contribution >= 0.6 is 0 Å². The predicted molar refractivity (Wildman–Crippen MR) is 114 cm³/mol. The van der Waals surface area contributed by atoms with Crippen LogP contribution in [0.25, 0.3) is 10.8 Å². The van der Waals surface area contributed by atoms with Crippen molar-refractivity contribution in [3.63, 3.8) is 0 Å². The molecule has 30 heavy (non-hydrogen) atoms. The molecule has 0 N–H and O–H groups in total. The summed E-state index contributed by atoms with van der Waals surface area (Å²) in [6, 6.07) is 8.32. The normalized spacial score (nSPS) is 21.8. The van der Waals surface area contributed by atoms with Gasteiger partial charge < -0.3 is 18.9 Å². The second-order valence-corrected chi connectivity index (χ2v) is 8.46. The molecular formula is C25H26O5. The number of ketones is 1. The monoisotopic (exact) mass is 406 g/mol. The summed E-state index contributed by atoms with van der Waals surface area (Å²) in [5.74, 6) is 1.79. The molecule has 5 heteroatoms. The number of benzene rings is 2. The molecule has 0 saturated carbocycles. The number of hydrogen-bond donors (Lipinski definition) is 0. The van der Waals surface area contributed by atoms with E-state index >= 15 is 0 Å². The fraction of sp³-hybridized carbons (Fsp3) is 0.400.